The lowest BCUT2D eigenvalue weighted by molar-refractivity contribution is -0.148. The molecule has 1 aromatic carbocycles. The summed E-state index contributed by atoms with van der Waals surface area (Å²) in [6.45, 7) is 6.00. The van der Waals surface area contributed by atoms with Crippen LogP contribution in [-0.2, 0) is 16.0 Å². The lowest BCUT2D eigenvalue weighted by Crippen LogP contribution is -2.20. The van der Waals surface area contributed by atoms with E-state index < -0.39 is 18.0 Å². The van der Waals surface area contributed by atoms with E-state index in [2.05, 4.69) is 18.6 Å². The van der Waals surface area contributed by atoms with Crippen LogP contribution < -0.4 is 0 Å². The highest BCUT2D eigenvalue weighted by Crippen LogP contribution is 2.23. The van der Waals surface area contributed by atoms with Crippen molar-refractivity contribution in [2.24, 2.45) is 11.8 Å². The fourth-order valence-corrected chi connectivity index (χ4v) is 1.93. The number of hydrogen-bond acceptors (Lipinski definition) is 3. The van der Waals surface area contributed by atoms with Crippen LogP contribution in [0.5, 0.6) is 0 Å². The van der Waals surface area contributed by atoms with Crippen molar-refractivity contribution >= 4 is 5.97 Å². The molecule has 3 heteroatoms. The molecule has 1 rings (SSSR count). The Labute approximate surface area is 109 Å². The van der Waals surface area contributed by atoms with Gasteiger partial charge in [-0.1, -0.05) is 38.1 Å². The number of ether oxygens (including phenoxy) is 1. The van der Waals surface area contributed by atoms with Crippen molar-refractivity contribution in [3.05, 3.63) is 35.4 Å². The van der Waals surface area contributed by atoms with Crippen LogP contribution in [0.15, 0.2) is 24.3 Å². The molecule has 0 heterocycles. The maximum atomic E-state index is 11.4. The van der Waals surface area contributed by atoms with Crippen molar-refractivity contribution < 1.29 is 14.6 Å². The molecule has 1 aromatic rings. The third-order valence-electron chi connectivity index (χ3n) is 3.01. The SMILES string of the molecule is COC(=O)C(C)C(O)c1ccc(CC(C)C)cc1. The van der Waals surface area contributed by atoms with E-state index in [1.165, 1.54) is 12.7 Å². The van der Waals surface area contributed by atoms with Crippen molar-refractivity contribution in [3.63, 3.8) is 0 Å². The van der Waals surface area contributed by atoms with Gasteiger partial charge in [0.05, 0.1) is 19.1 Å². The zero-order chi connectivity index (χ0) is 13.7. The van der Waals surface area contributed by atoms with Crippen LogP contribution in [0.3, 0.4) is 0 Å². The van der Waals surface area contributed by atoms with Crippen LogP contribution in [-0.4, -0.2) is 18.2 Å². The van der Waals surface area contributed by atoms with Gasteiger partial charge < -0.3 is 9.84 Å². The van der Waals surface area contributed by atoms with Crippen LogP contribution in [0.25, 0.3) is 0 Å². The molecule has 2 unspecified atom stereocenters. The molecule has 0 saturated carbocycles. The minimum absolute atomic E-state index is 0.395. The first-order chi connectivity index (χ1) is 8.45. The summed E-state index contributed by atoms with van der Waals surface area (Å²) in [5.74, 6) is -0.338. The Bertz CT molecular complexity index is 381. The third-order valence-corrected chi connectivity index (χ3v) is 3.01. The van der Waals surface area contributed by atoms with E-state index in [1.54, 1.807) is 6.92 Å². The standard InChI is InChI=1S/C15H22O3/c1-10(2)9-12-5-7-13(8-6-12)14(16)11(3)15(17)18-4/h5-8,10-11,14,16H,9H2,1-4H3. The molecular formula is C15H22O3. The second-order valence-electron chi connectivity index (χ2n) is 5.10. The summed E-state index contributed by atoms with van der Waals surface area (Å²) < 4.78 is 4.63. The van der Waals surface area contributed by atoms with Crippen LogP contribution in [0.4, 0.5) is 0 Å². The maximum absolute atomic E-state index is 11.4. The predicted molar refractivity (Wildman–Crippen MR) is 71.1 cm³/mol. The fraction of sp³-hybridized carbons (Fsp3) is 0.533. The second kappa shape index (κ2) is 6.55. The Balaban J connectivity index is 2.75. The highest BCUT2D eigenvalue weighted by molar-refractivity contribution is 5.72. The quantitative estimate of drug-likeness (QED) is 0.817. The van der Waals surface area contributed by atoms with Gasteiger partial charge in [0, 0.05) is 0 Å². The lowest BCUT2D eigenvalue weighted by atomic mass is 9.95. The van der Waals surface area contributed by atoms with E-state index in [4.69, 9.17) is 0 Å². The molecule has 0 aromatic heterocycles. The third kappa shape index (κ3) is 3.84. The number of carbonyl (C=O) groups excluding carboxylic acids is 1. The van der Waals surface area contributed by atoms with E-state index in [-0.39, 0.29) is 0 Å². The zero-order valence-corrected chi connectivity index (χ0v) is 11.5. The van der Waals surface area contributed by atoms with E-state index in [9.17, 15) is 9.90 Å². The highest BCUT2D eigenvalue weighted by Gasteiger charge is 2.23. The first-order valence-corrected chi connectivity index (χ1v) is 6.30. The molecule has 2 atom stereocenters. The molecule has 0 saturated heterocycles. The number of benzene rings is 1. The van der Waals surface area contributed by atoms with Crippen molar-refractivity contribution in [3.8, 4) is 0 Å². The summed E-state index contributed by atoms with van der Waals surface area (Å²) in [7, 11) is 1.33. The number of carbonyl (C=O) groups is 1. The number of methoxy groups -OCH3 is 1. The molecule has 1 N–H and O–H groups in total. The van der Waals surface area contributed by atoms with Gasteiger partial charge in [0.25, 0.3) is 0 Å². The number of aliphatic hydroxyl groups is 1. The summed E-state index contributed by atoms with van der Waals surface area (Å²) in [5, 5.41) is 10.1. The minimum atomic E-state index is -0.814. The molecule has 0 aliphatic rings. The van der Waals surface area contributed by atoms with Crippen LogP contribution >= 0.6 is 0 Å². The summed E-state index contributed by atoms with van der Waals surface area (Å²) in [5.41, 5.74) is 1.99. The molecule has 0 amide bonds. The largest absolute Gasteiger partial charge is 0.469 e. The molecule has 100 valence electrons. The topological polar surface area (TPSA) is 46.5 Å². The Hall–Kier alpha value is -1.35. The van der Waals surface area contributed by atoms with Crippen molar-refractivity contribution in [1.82, 2.24) is 0 Å². The number of esters is 1. The average molecular weight is 250 g/mol. The first kappa shape index (κ1) is 14.7. The Kier molecular flexibility index (Phi) is 5.35. The van der Waals surface area contributed by atoms with Crippen molar-refractivity contribution in [1.29, 1.82) is 0 Å². The van der Waals surface area contributed by atoms with Crippen LogP contribution in [0.1, 0.15) is 38.0 Å². The van der Waals surface area contributed by atoms with Gasteiger partial charge in [-0.25, -0.2) is 0 Å². The molecule has 0 aliphatic heterocycles. The summed E-state index contributed by atoms with van der Waals surface area (Å²) >= 11 is 0. The lowest BCUT2D eigenvalue weighted by Gasteiger charge is -2.17. The van der Waals surface area contributed by atoms with Gasteiger partial charge in [-0.15, -0.1) is 0 Å². The summed E-state index contributed by atoms with van der Waals surface area (Å²) in [6.07, 6.45) is 0.202. The maximum Gasteiger partial charge on any atom is 0.311 e. The number of hydrogen-bond donors (Lipinski definition) is 1. The Morgan fingerprint density at radius 2 is 1.78 bits per heavy atom. The smallest absolute Gasteiger partial charge is 0.311 e. The second-order valence-corrected chi connectivity index (χ2v) is 5.10. The van der Waals surface area contributed by atoms with Gasteiger partial charge in [-0.05, 0) is 30.4 Å². The molecular weight excluding hydrogens is 228 g/mol. The van der Waals surface area contributed by atoms with Gasteiger partial charge in [-0.3, -0.25) is 4.79 Å². The van der Waals surface area contributed by atoms with Crippen LogP contribution in [0, 0.1) is 11.8 Å². The first-order valence-electron chi connectivity index (χ1n) is 6.30. The molecule has 0 aliphatic carbocycles. The van der Waals surface area contributed by atoms with Gasteiger partial charge in [0.2, 0.25) is 0 Å². The summed E-state index contributed by atoms with van der Waals surface area (Å²) in [6, 6.07) is 7.76. The van der Waals surface area contributed by atoms with Gasteiger partial charge >= 0.3 is 5.97 Å². The molecule has 0 radical (unpaired) electrons. The molecule has 0 fully saturated rings. The van der Waals surface area contributed by atoms with Gasteiger partial charge in [0.15, 0.2) is 0 Å². The minimum Gasteiger partial charge on any atom is -0.469 e. The monoisotopic (exact) mass is 250 g/mol. The number of rotatable bonds is 5. The Morgan fingerprint density at radius 1 is 1.22 bits per heavy atom. The highest BCUT2D eigenvalue weighted by atomic mass is 16.5. The van der Waals surface area contributed by atoms with E-state index in [1.807, 2.05) is 24.3 Å². The predicted octanol–water partition coefficient (Wildman–Crippen LogP) is 2.73. The van der Waals surface area contributed by atoms with E-state index in [0.29, 0.717) is 5.92 Å². The zero-order valence-electron chi connectivity index (χ0n) is 11.5. The van der Waals surface area contributed by atoms with Crippen molar-refractivity contribution in [2.75, 3.05) is 7.11 Å². The van der Waals surface area contributed by atoms with E-state index in [0.717, 1.165) is 12.0 Å². The van der Waals surface area contributed by atoms with Gasteiger partial charge in [-0.2, -0.15) is 0 Å². The van der Waals surface area contributed by atoms with Gasteiger partial charge in [0.1, 0.15) is 0 Å². The molecule has 18 heavy (non-hydrogen) atoms. The Morgan fingerprint density at radius 3 is 2.22 bits per heavy atom. The fourth-order valence-electron chi connectivity index (χ4n) is 1.93. The summed E-state index contributed by atoms with van der Waals surface area (Å²) in [4.78, 5) is 11.4. The molecule has 0 bridgehead atoms. The van der Waals surface area contributed by atoms with Crippen LogP contribution in [0.2, 0.25) is 0 Å². The molecule has 3 nitrogen and oxygen atoms in total. The van der Waals surface area contributed by atoms with Crippen molar-refractivity contribution in [2.45, 2.75) is 33.3 Å². The number of aliphatic hydroxyl groups excluding tert-OH is 1. The average Bonchev–Trinajstić information content (AvgIpc) is 2.36. The molecule has 0 spiro atoms. The van der Waals surface area contributed by atoms with E-state index >= 15 is 0 Å². The normalized spacial score (nSPS) is 14.3.